The molecule has 3 aromatic rings. The van der Waals surface area contributed by atoms with Crippen molar-refractivity contribution in [1.82, 2.24) is 15.0 Å². The number of hydrogen-bond acceptors (Lipinski definition) is 2. The van der Waals surface area contributed by atoms with E-state index in [0.29, 0.717) is 0 Å². The van der Waals surface area contributed by atoms with E-state index in [1.54, 1.807) is 6.20 Å². The lowest BCUT2D eigenvalue weighted by atomic mass is 10.1. The van der Waals surface area contributed by atoms with Crippen LogP contribution in [0.25, 0.3) is 22.2 Å². The molecule has 0 bridgehead atoms. The summed E-state index contributed by atoms with van der Waals surface area (Å²) in [4.78, 5) is 12.0. The van der Waals surface area contributed by atoms with Gasteiger partial charge in [-0.05, 0) is 26.0 Å². The third-order valence-corrected chi connectivity index (χ3v) is 2.93. The molecule has 0 spiro atoms. The fourth-order valence-corrected chi connectivity index (χ4v) is 2.20. The predicted octanol–water partition coefficient (Wildman–Crippen LogP) is 3.24. The Morgan fingerprint density at radius 3 is 2.71 bits per heavy atom. The molecule has 0 amide bonds. The number of fused-ring (bicyclic) bond motifs is 1. The maximum Gasteiger partial charge on any atom is 0.125 e. The molecule has 1 N–H and O–H groups in total. The van der Waals surface area contributed by atoms with Gasteiger partial charge in [-0.1, -0.05) is 18.2 Å². The van der Waals surface area contributed by atoms with E-state index in [4.69, 9.17) is 0 Å². The summed E-state index contributed by atoms with van der Waals surface area (Å²) in [5.41, 5.74) is 4.44. The van der Waals surface area contributed by atoms with Gasteiger partial charge in [-0.25, -0.2) is 9.97 Å². The number of nitrogens with zero attached hydrogens (tertiary/aromatic N) is 2. The van der Waals surface area contributed by atoms with Crippen molar-refractivity contribution in [2.45, 2.75) is 13.8 Å². The summed E-state index contributed by atoms with van der Waals surface area (Å²) in [7, 11) is 0. The molecule has 0 fully saturated rings. The van der Waals surface area contributed by atoms with Crippen LogP contribution in [0.2, 0.25) is 0 Å². The molecular formula is C14H13N3. The Hall–Kier alpha value is -2.16. The SMILES string of the molecule is Cc1nccc(-c2c(C)[nH]c3ccccc23)n1. The van der Waals surface area contributed by atoms with Gasteiger partial charge in [0.1, 0.15) is 5.82 Å². The molecule has 0 saturated heterocycles. The summed E-state index contributed by atoms with van der Waals surface area (Å²) < 4.78 is 0. The smallest absolute Gasteiger partial charge is 0.125 e. The third kappa shape index (κ3) is 1.60. The molecule has 0 aliphatic rings. The molecule has 2 heterocycles. The molecular weight excluding hydrogens is 210 g/mol. The molecule has 0 saturated carbocycles. The van der Waals surface area contributed by atoms with Crippen molar-refractivity contribution in [3.63, 3.8) is 0 Å². The Bertz CT molecular complexity index is 683. The number of H-pyrrole nitrogens is 1. The number of nitrogens with one attached hydrogen (secondary N) is 1. The molecule has 3 nitrogen and oxygen atoms in total. The van der Waals surface area contributed by atoms with E-state index < -0.39 is 0 Å². The molecule has 3 heteroatoms. The molecule has 0 radical (unpaired) electrons. The Kier molecular flexibility index (Phi) is 2.18. The van der Waals surface area contributed by atoms with Gasteiger partial charge in [-0.2, -0.15) is 0 Å². The van der Waals surface area contributed by atoms with Gasteiger partial charge in [0.25, 0.3) is 0 Å². The van der Waals surface area contributed by atoms with Crippen molar-refractivity contribution >= 4 is 10.9 Å². The van der Waals surface area contributed by atoms with Gasteiger partial charge in [0.05, 0.1) is 5.69 Å². The number of benzene rings is 1. The lowest BCUT2D eigenvalue weighted by Gasteiger charge is -2.01. The predicted molar refractivity (Wildman–Crippen MR) is 68.8 cm³/mol. The molecule has 0 aliphatic heterocycles. The fraction of sp³-hybridized carbons (Fsp3) is 0.143. The van der Waals surface area contributed by atoms with Crippen molar-refractivity contribution in [2.24, 2.45) is 0 Å². The van der Waals surface area contributed by atoms with Crippen LogP contribution < -0.4 is 0 Å². The average molecular weight is 223 g/mol. The standard InChI is InChI=1S/C14H13N3/c1-9-14(13-7-8-15-10(2)17-13)11-5-3-4-6-12(11)16-9/h3-8,16H,1-2H3. The summed E-state index contributed by atoms with van der Waals surface area (Å²) in [6.07, 6.45) is 1.80. The Morgan fingerprint density at radius 1 is 1.06 bits per heavy atom. The zero-order valence-corrected chi connectivity index (χ0v) is 9.86. The lowest BCUT2D eigenvalue weighted by Crippen LogP contribution is -1.90. The first kappa shape index (κ1) is 10.0. The Balaban J connectivity index is 2.33. The normalized spacial score (nSPS) is 10.9. The van der Waals surface area contributed by atoms with Crippen LogP contribution in [-0.4, -0.2) is 15.0 Å². The minimum Gasteiger partial charge on any atom is -0.358 e. The summed E-state index contributed by atoms with van der Waals surface area (Å²) >= 11 is 0. The van der Waals surface area contributed by atoms with Crippen molar-refractivity contribution in [3.8, 4) is 11.3 Å². The highest BCUT2D eigenvalue weighted by molar-refractivity contribution is 5.96. The van der Waals surface area contributed by atoms with Gasteiger partial charge in [-0.15, -0.1) is 0 Å². The van der Waals surface area contributed by atoms with Crippen LogP contribution in [0, 0.1) is 13.8 Å². The first-order valence-electron chi connectivity index (χ1n) is 5.63. The second kappa shape index (κ2) is 3.70. The second-order valence-corrected chi connectivity index (χ2v) is 4.16. The monoisotopic (exact) mass is 223 g/mol. The zero-order chi connectivity index (χ0) is 11.8. The zero-order valence-electron chi connectivity index (χ0n) is 9.86. The van der Waals surface area contributed by atoms with Crippen molar-refractivity contribution in [1.29, 1.82) is 0 Å². The van der Waals surface area contributed by atoms with E-state index in [0.717, 1.165) is 22.7 Å². The van der Waals surface area contributed by atoms with Gasteiger partial charge < -0.3 is 4.98 Å². The first-order valence-corrected chi connectivity index (χ1v) is 5.63. The van der Waals surface area contributed by atoms with Gasteiger partial charge >= 0.3 is 0 Å². The van der Waals surface area contributed by atoms with Gasteiger partial charge in [0.15, 0.2) is 0 Å². The maximum absolute atomic E-state index is 4.50. The molecule has 0 atom stereocenters. The first-order chi connectivity index (χ1) is 8.25. The number of para-hydroxylation sites is 1. The lowest BCUT2D eigenvalue weighted by molar-refractivity contribution is 1.06. The van der Waals surface area contributed by atoms with Crippen molar-refractivity contribution < 1.29 is 0 Å². The van der Waals surface area contributed by atoms with Crippen molar-refractivity contribution in [2.75, 3.05) is 0 Å². The fourth-order valence-electron chi connectivity index (χ4n) is 2.20. The molecule has 1 aromatic carbocycles. The number of rotatable bonds is 1. The minimum absolute atomic E-state index is 0.798. The highest BCUT2D eigenvalue weighted by atomic mass is 14.9. The molecule has 3 rings (SSSR count). The van der Waals surface area contributed by atoms with Gasteiger partial charge in [0.2, 0.25) is 0 Å². The van der Waals surface area contributed by atoms with E-state index in [9.17, 15) is 0 Å². The molecule has 84 valence electrons. The highest BCUT2D eigenvalue weighted by Gasteiger charge is 2.11. The highest BCUT2D eigenvalue weighted by Crippen LogP contribution is 2.30. The quantitative estimate of drug-likeness (QED) is 0.688. The maximum atomic E-state index is 4.50. The number of hydrogen-bond donors (Lipinski definition) is 1. The van der Waals surface area contributed by atoms with E-state index in [1.165, 1.54) is 10.9 Å². The van der Waals surface area contributed by atoms with Crippen LogP contribution in [0.3, 0.4) is 0 Å². The van der Waals surface area contributed by atoms with E-state index >= 15 is 0 Å². The number of aryl methyl sites for hydroxylation is 2. The summed E-state index contributed by atoms with van der Waals surface area (Å²) in [6.45, 7) is 3.99. The summed E-state index contributed by atoms with van der Waals surface area (Å²) in [5, 5.41) is 1.21. The Labute approximate surface area is 99.5 Å². The van der Waals surface area contributed by atoms with Crippen LogP contribution in [0.15, 0.2) is 36.5 Å². The van der Waals surface area contributed by atoms with Crippen molar-refractivity contribution in [3.05, 3.63) is 48.0 Å². The average Bonchev–Trinajstić information content (AvgIpc) is 2.64. The molecule has 0 unspecified atom stereocenters. The Morgan fingerprint density at radius 2 is 1.88 bits per heavy atom. The largest absolute Gasteiger partial charge is 0.358 e. The molecule has 2 aromatic heterocycles. The van der Waals surface area contributed by atoms with E-state index in [-0.39, 0.29) is 0 Å². The topological polar surface area (TPSA) is 41.6 Å². The summed E-state index contributed by atoms with van der Waals surface area (Å²) in [5.74, 6) is 0.798. The van der Waals surface area contributed by atoms with Gasteiger partial charge in [0, 0.05) is 28.4 Å². The summed E-state index contributed by atoms with van der Waals surface area (Å²) in [6, 6.07) is 10.2. The van der Waals surface area contributed by atoms with Crippen LogP contribution >= 0.6 is 0 Å². The minimum atomic E-state index is 0.798. The van der Waals surface area contributed by atoms with Gasteiger partial charge in [-0.3, -0.25) is 0 Å². The third-order valence-electron chi connectivity index (χ3n) is 2.93. The van der Waals surface area contributed by atoms with E-state index in [1.807, 2.05) is 25.1 Å². The van der Waals surface area contributed by atoms with Crippen LogP contribution in [0.1, 0.15) is 11.5 Å². The van der Waals surface area contributed by atoms with Crippen LogP contribution in [-0.2, 0) is 0 Å². The molecule has 17 heavy (non-hydrogen) atoms. The number of aromatic amines is 1. The molecule has 0 aliphatic carbocycles. The van der Waals surface area contributed by atoms with Crippen LogP contribution in [0.4, 0.5) is 0 Å². The second-order valence-electron chi connectivity index (χ2n) is 4.16. The van der Waals surface area contributed by atoms with E-state index in [2.05, 4.69) is 34.0 Å². The van der Waals surface area contributed by atoms with Crippen LogP contribution in [0.5, 0.6) is 0 Å². The number of aromatic nitrogens is 3.